The molecule has 0 aliphatic heterocycles. The summed E-state index contributed by atoms with van der Waals surface area (Å²) in [5.41, 5.74) is 0.568. The number of carbonyl (C=O) groups is 1. The topological polar surface area (TPSA) is 37.3 Å². The monoisotopic (exact) mass is 170 g/mol. The fourth-order valence-electron chi connectivity index (χ4n) is 2.46. The molecule has 0 aromatic carbocycles. The van der Waals surface area contributed by atoms with Gasteiger partial charge in [0.05, 0.1) is 0 Å². The van der Waals surface area contributed by atoms with Gasteiger partial charge in [-0.25, -0.2) is 4.79 Å². The van der Waals surface area contributed by atoms with Gasteiger partial charge in [0.25, 0.3) is 0 Å². The SMILES string of the molecule is O=C(O)C(F)=C1CC2CCC1C2. The van der Waals surface area contributed by atoms with Crippen molar-refractivity contribution < 1.29 is 14.3 Å². The molecule has 1 N–H and O–H groups in total. The summed E-state index contributed by atoms with van der Waals surface area (Å²) >= 11 is 0. The Balaban J connectivity index is 2.25. The number of hydrogen-bond acceptors (Lipinski definition) is 1. The number of rotatable bonds is 1. The molecule has 2 saturated carbocycles. The molecule has 66 valence electrons. The van der Waals surface area contributed by atoms with Crippen LogP contribution in [0.5, 0.6) is 0 Å². The van der Waals surface area contributed by atoms with Crippen LogP contribution in [0.25, 0.3) is 0 Å². The zero-order valence-corrected chi connectivity index (χ0v) is 6.72. The number of aliphatic carboxylic acids is 1. The third-order valence-electron chi connectivity index (χ3n) is 3.01. The van der Waals surface area contributed by atoms with E-state index in [0.29, 0.717) is 17.9 Å². The summed E-state index contributed by atoms with van der Waals surface area (Å²) in [6, 6.07) is 0. The number of carboxylic acid groups (broad SMARTS) is 1. The molecule has 0 aromatic heterocycles. The Morgan fingerprint density at radius 1 is 1.50 bits per heavy atom. The van der Waals surface area contributed by atoms with Gasteiger partial charge < -0.3 is 5.11 Å². The highest BCUT2D eigenvalue weighted by molar-refractivity contribution is 5.85. The normalized spacial score (nSPS) is 37.1. The van der Waals surface area contributed by atoms with Gasteiger partial charge in [-0.2, -0.15) is 4.39 Å². The van der Waals surface area contributed by atoms with Crippen molar-refractivity contribution in [1.82, 2.24) is 0 Å². The highest BCUT2D eigenvalue weighted by Gasteiger charge is 2.38. The summed E-state index contributed by atoms with van der Waals surface area (Å²) in [6.45, 7) is 0. The lowest BCUT2D eigenvalue weighted by Gasteiger charge is -2.12. The van der Waals surface area contributed by atoms with Crippen molar-refractivity contribution in [3.8, 4) is 0 Å². The van der Waals surface area contributed by atoms with Crippen LogP contribution in [-0.4, -0.2) is 11.1 Å². The second-order valence-corrected chi connectivity index (χ2v) is 3.72. The Kier molecular flexibility index (Phi) is 1.67. The van der Waals surface area contributed by atoms with Gasteiger partial charge >= 0.3 is 5.97 Å². The Bertz CT molecular complexity index is 257. The van der Waals surface area contributed by atoms with E-state index in [2.05, 4.69) is 0 Å². The number of carboxylic acids is 1. The molecule has 2 aliphatic rings. The lowest BCUT2D eigenvalue weighted by Crippen LogP contribution is -2.06. The van der Waals surface area contributed by atoms with Crippen molar-refractivity contribution in [2.24, 2.45) is 11.8 Å². The van der Waals surface area contributed by atoms with Gasteiger partial charge in [0.1, 0.15) is 0 Å². The molecular formula is C9H11FO2. The third-order valence-corrected chi connectivity index (χ3v) is 3.01. The maximum atomic E-state index is 13.0. The van der Waals surface area contributed by atoms with Gasteiger partial charge in [-0.3, -0.25) is 0 Å². The van der Waals surface area contributed by atoms with Crippen molar-refractivity contribution >= 4 is 5.97 Å². The van der Waals surface area contributed by atoms with Gasteiger partial charge in [0.2, 0.25) is 5.83 Å². The maximum absolute atomic E-state index is 13.0. The van der Waals surface area contributed by atoms with Gasteiger partial charge in [-0.1, -0.05) is 0 Å². The molecule has 3 heteroatoms. The molecule has 2 nitrogen and oxygen atoms in total. The van der Waals surface area contributed by atoms with E-state index in [9.17, 15) is 9.18 Å². The quantitative estimate of drug-likeness (QED) is 0.612. The molecule has 0 amide bonds. The molecule has 0 radical (unpaired) electrons. The van der Waals surface area contributed by atoms with Crippen molar-refractivity contribution in [2.45, 2.75) is 25.7 Å². The van der Waals surface area contributed by atoms with Crippen LogP contribution < -0.4 is 0 Å². The fraction of sp³-hybridized carbons (Fsp3) is 0.667. The van der Waals surface area contributed by atoms with E-state index in [1.807, 2.05) is 0 Å². The van der Waals surface area contributed by atoms with Crippen LogP contribution in [0.3, 0.4) is 0 Å². The molecule has 0 aromatic rings. The summed E-state index contributed by atoms with van der Waals surface area (Å²) < 4.78 is 13.0. The Morgan fingerprint density at radius 3 is 2.67 bits per heavy atom. The lowest BCUT2D eigenvalue weighted by molar-refractivity contribution is -0.134. The first-order valence-electron chi connectivity index (χ1n) is 4.30. The van der Waals surface area contributed by atoms with Gasteiger partial charge in [-0.05, 0) is 43.1 Å². The molecule has 0 heterocycles. The average Bonchev–Trinajstić information content (AvgIpc) is 2.62. The first kappa shape index (κ1) is 7.77. The van der Waals surface area contributed by atoms with Gasteiger partial charge in [0, 0.05) is 0 Å². The molecule has 0 spiro atoms. The summed E-state index contributed by atoms with van der Waals surface area (Å²) in [6.07, 6.45) is 3.83. The molecule has 2 bridgehead atoms. The van der Waals surface area contributed by atoms with Gasteiger partial charge in [0.15, 0.2) is 0 Å². The first-order valence-corrected chi connectivity index (χ1v) is 4.30. The number of allylic oxidation sites excluding steroid dienone is 1. The van der Waals surface area contributed by atoms with Crippen LogP contribution in [-0.2, 0) is 4.79 Å². The van der Waals surface area contributed by atoms with E-state index in [1.165, 1.54) is 0 Å². The highest BCUT2D eigenvalue weighted by Crippen LogP contribution is 2.49. The second kappa shape index (κ2) is 2.57. The van der Waals surface area contributed by atoms with Crippen molar-refractivity contribution in [3.63, 3.8) is 0 Å². The number of fused-ring (bicyclic) bond motifs is 2. The van der Waals surface area contributed by atoms with Crippen LogP contribution >= 0.6 is 0 Å². The summed E-state index contributed by atoms with van der Waals surface area (Å²) in [5.74, 6) is -1.47. The second-order valence-electron chi connectivity index (χ2n) is 3.72. The maximum Gasteiger partial charge on any atom is 0.364 e. The minimum Gasteiger partial charge on any atom is -0.476 e. The molecule has 2 aliphatic carbocycles. The summed E-state index contributed by atoms with van der Waals surface area (Å²) in [5, 5.41) is 8.44. The fourth-order valence-corrected chi connectivity index (χ4v) is 2.46. The van der Waals surface area contributed by atoms with Crippen LogP contribution in [0.15, 0.2) is 11.4 Å². The zero-order chi connectivity index (χ0) is 8.72. The Labute approximate surface area is 70.1 Å². The van der Waals surface area contributed by atoms with Crippen molar-refractivity contribution in [2.75, 3.05) is 0 Å². The predicted octanol–water partition coefficient (Wildman–Crippen LogP) is 2.11. The van der Waals surface area contributed by atoms with Crippen molar-refractivity contribution in [3.05, 3.63) is 11.4 Å². The third kappa shape index (κ3) is 1.04. The lowest BCUT2D eigenvalue weighted by atomic mass is 9.94. The van der Waals surface area contributed by atoms with Crippen LogP contribution in [0.1, 0.15) is 25.7 Å². The highest BCUT2D eigenvalue weighted by atomic mass is 19.1. The number of halogens is 1. The first-order chi connectivity index (χ1) is 5.68. The van der Waals surface area contributed by atoms with E-state index < -0.39 is 11.8 Å². The van der Waals surface area contributed by atoms with Crippen LogP contribution in [0, 0.1) is 11.8 Å². The predicted molar refractivity (Wildman–Crippen MR) is 41.2 cm³/mol. The molecule has 2 rings (SSSR count). The van der Waals surface area contributed by atoms with Crippen LogP contribution in [0.4, 0.5) is 4.39 Å². The minimum atomic E-state index is -1.39. The Hall–Kier alpha value is -0.860. The summed E-state index contributed by atoms with van der Waals surface area (Å²) in [7, 11) is 0. The van der Waals surface area contributed by atoms with E-state index in [1.54, 1.807) is 0 Å². The van der Waals surface area contributed by atoms with Crippen LogP contribution in [0.2, 0.25) is 0 Å². The molecular weight excluding hydrogens is 159 g/mol. The molecule has 2 unspecified atom stereocenters. The minimum absolute atomic E-state index is 0.242. The van der Waals surface area contributed by atoms with E-state index in [-0.39, 0.29) is 5.92 Å². The smallest absolute Gasteiger partial charge is 0.364 e. The molecule has 0 saturated heterocycles. The summed E-state index contributed by atoms with van der Waals surface area (Å²) in [4.78, 5) is 10.3. The Morgan fingerprint density at radius 2 is 2.25 bits per heavy atom. The average molecular weight is 170 g/mol. The number of hydrogen-bond donors (Lipinski definition) is 1. The molecule has 12 heavy (non-hydrogen) atoms. The van der Waals surface area contributed by atoms with E-state index in [4.69, 9.17) is 5.11 Å². The van der Waals surface area contributed by atoms with Gasteiger partial charge in [-0.15, -0.1) is 0 Å². The molecule has 2 fully saturated rings. The zero-order valence-electron chi connectivity index (χ0n) is 6.72. The molecule has 2 atom stereocenters. The standard InChI is InChI=1S/C9H11FO2/c10-8(9(11)12)7-4-5-1-2-6(7)3-5/h5-6H,1-4H2,(H,11,12). The van der Waals surface area contributed by atoms with E-state index >= 15 is 0 Å². The largest absolute Gasteiger partial charge is 0.476 e. The van der Waals surface area contributed by atoms with Crippen molar-refractivity contribution in [1.29, 1.82) is 0 Å². The van der Waals surface area contributed by atoms with E-state index in [0.717, 1.165) is 19.3 Å².